The van der Waals surface area contributed by atoms with E-state index in [9.17, 15) is 63.0 Å². The van der Waals surface area contributed by atoms with E-state index in [-0.39, 0.29) is 31.6 Å². The van der Waals surface area contributed by atoms with Crippen LogP contribution in [0.25, 0.3) is 0 Å². The minimum atomic E-state index is -1.82. The standard InChI is InChI=1S/C43H59N7O14S/c1-5-6-11-27(37(58)38(44)59)46-40(61)29(18-23(2)3)48-41(62)30(19-25-16-17-65-22-25)49-42(63)31(20-26-10-8-7-9-24(26)4)50-39(60)28(12-14-34(52)53)47-43(64)32(21-36(56)57)45-33(51)13-15-35(54)55/h7-10,16-17,22-23,27-32H,5-6,11-15,18-21H2,1-4H3,(H2,44,59)(H,45,51)(H,46,61)(H,47,64)(H,48,62)(H,49,63)(H,50,60)(H,52,53)(H,54,55)(H,56,57)/t27?,28-,29-,30-,31-,32-/m0/s1. The summed E-state index contributed by atoms with van der Waals surface area (Å²) in [7, 11) is 0. The van der Waals surface area contributed by atoms with Gasteiger partial charge in [0.05, 0.1) is 18.9 Å². The van der Waals surface area contributed by atoms with E-state index in [0.717, 1.165) is 0 Å². The fraction of sp³-hybridized carbons (Fsp3) is 0.512. The van der Waals surface area contributed by atoms with Crippen molar-refractivity contribution in [2.24, 2.45) is 11.7 Å². The zero-order chi connectivity index (χ0) is 48.8. The van der Waals surface area contributed by atoms with Crippen LogP contribution in [-0.4, -0.2) is 117 Å². The molecule has 1 aromatic heterocycles. The van der Waals surface area contributed by atoms with Crippen LogP contribution in [0.15, 0.2) is 41.1 Å². The molecule has 0 aliphatic carbocycles. The first kappa shape index (κ1) is 54.4. The van der Waals surface area contributed by atoms with Crippen LogP contribution in [-0.2, 0) is 65.6 Å². The number of nitrogens with one attached hydrogen (secondary N) is 6. The zero-order valence-corrected chi connectivity index (χ0v) is 37.5. The maximum absolute atomic E-state index is 14.4. The van der Waals surface area contributed by atoms with Crippen molar-refractivity contribution in [1.82, 2.24) is 31.9 Å². The first-order chi connectivity index (χ1) is 30.6. The van der Waals surface area contributed by atoms with Gasteiger partial charge in [-0.05, 0) is 65.6 Å². The van der Waals surface area contributed by atoms with Crippen molar-refractivity contribution in [3.8, 4) is 0 Å². The van der Waals surface area contributed by atoms with Crippen molar-refractivity contribution in [3.05, 3.63) is 57.8 Å². The topological polar surface area (TPSA) is 347 Å². The fourth-order valence-electron chi connectivity index (χ4n) is 6.44. The Morgan fingerprint density at radius 3 is 1.69 bits per heavy atom. The Morgan fingerprint density at radius 2 is 1.15 bits per heavy atom. The van der Waals surface area contributed by atoms with E-state index in [1.54, 1.807) is 61.9 Å². The molecule has 356 valence electrons. The number of nitrogens with two attached hydrogens (primary N) is 1. The van der Waals surface area contributed by atoms with Gasteiger partial charge < -0.3 is 53.0 Å². The summed E-state index contributed by atoms with van der Waals surface area (Å²) in [5, 5.41) is 46.1. The summed E-state index contributed by atoms with van der Waals surface area (Å²) in [5.74, 6) is -12.5. The lowest BCUT2D eigenvalue weighted by molar-refractivity contribution is -0.142. The molecule has 7 amide bonds. The summed E-state index contributed by atoms with van der Waals surface area (Å²) < 4.78 is 0. The number of amides is 7. The third-order valence-electron chi connectivity index (χ3n) is 9.91. The molecular weight excluding hydrogens is 871 g/mol. The summed E-state index contributed by atoms with van der Waals surface area (Å²) in [6, 6.07) is -0.384. The quantitative estimate of drug-likeness (QED) is 0.0470. The number of aliphatic carboxylic acids is 3. The van der Waals surface area contributed by atoms with Crippen LogP contribution in [0, 0.1) is 12.8 Å². The minimum absolute atomic E-state index is 0.0801. The molecule has 2 aromatic rings. The first-order valence-corrected chi connectivity index (χ1v) is 21.9. The normalized spacial score (nSPS) is 13.7. The van der Waals surface area contributed by atoms with Crippen molar-refractivity contribution < 1.29 is 68.1 Å². The molecule has 11 N–H and O–H groups in total. The lowest BCUT2D eigenvalue weighted by Gasteiger charge is -2.28. The SMILES string of the molecule is CCCCC(NC(=O)[C@H](CC(C)C)NC(=O)[C@H](Cc1ccsc1)NC(=O)[C@H](Cc1ccccc1C)NC(=O)[C@H](CCC(=O)O)NC(=O)[C@H](CC(=O)O)NC(=O)CCC(=O)O)C(=O)C(N)=O. The lowest BCUT2D eigenvalue weighted by Crippen LogP contribution is -2.60. The minimum Gasteiger partial charge on any atom is -0.481 e. The van der Waals surface area contributed by atoms with Crippen molar-refractivity contribution in [3.63, 3.8) is 0 Å². The Morgan fingerprint density at radius 1 is 0.615 bits per heavy atom. The van der Waals surface area contributed by atoms with Gasteiger partial charge in [-0.3, -0.25) is 52.7 Å². The molecule has 0 aliphatic rings. The maximum Gasteiger partial charge on any atom is 0.305 e. The molecule has 0 aliphatic heterocycles. The molecule has 65 heavy (non-hydrogen) atoms. The van der Waals surface area contributed by atoms with Crippen LogP contribution in [0.5, 0.6) is 0 Å². The van der Waals surface area contributed by atoms with Crippen molar-refractivity contribution >= 4 is 76.4 Å². The van der Waals surface area contributed by atoms with E-state index in [4.69, 9.17) is 10.8 Å². The number of aryl methyl sites for hydroxylation is 1. The van der Waals surface area contributed by atoms with Gasteiger partial charge in [0.2, 0.25) is 41.2 Å². The number of benzene rings is 1. The summed E-state index contributed by atoms with van der Waals surface area (Å²) in [6.07, 6.45) is -2.45. The van der Waals surface area contributed by atoms with E-state index >= 15 is 0 Å². The number of carboxylic acids is 3. The number of carbonyl (C=O) groups excluding carboxylic acids is 8. The Balaban J connectivity index is 2.53. The number of carboxylic acid groups (broad SMARTS) is 3. The summed E-state index contributed by atoms with van der Waals surface area (Å²) in [6.45, 7) is 7.17. The van der Waals surface area contributed by atoms with E-state index < -0.39 is 133 Å². The van der Waals surface area contributed by atoms with Gasteiger partial charge in [-0.1, -0.05) is 57.9 Å². The number of unbranched alkanes of at least 4 members (excludes halogenated alkanes) is 1. The highest BCUT2D eigenvalue weighted by molar-refractivity contribution is 7.07. The molecule has 1 heterocycles. The molecular formula is C43H59N7O14S. The van der Waals surface area contributed by atoms with Gasteiger partial charge in [0.1, 0.15) is 30.2 Å². The molecule has 0 radical (unpaired) electrons. The molecule has 0 saturated carbocycles. The van der Waals surface area contributed by atoms with Crippen LogP contribution < -0.4 is 37.6 Å². The molecule has 21 nitrogen and oxygen atoms in total. The third kappa shape index (κ3) is 20.1. The molecule has 6 atom stereocenters. The number of hydrogen-bond donors (Lipinski definition) is 10. The van der Waals surface area contributed by atoms with Crippen molar-refractivity contribution in [2.75, 3.05) is 0 Å². The average Bonchev–Trinajstić information content (AvgIpc) is 3.75. The Labute approximate surface area is 379 Å². The number of carbonyl (C=O) groups is 11. The van der Waals surface area contributed by atoms with Crippen LogP contribution in [0.4, 0.5) is 0 Å². The monoisotopic (exact) mass is 929 g/mol. The zero-order valence-electron chi connectivity index (χ0n) is 36.7. The van der Waals surface area contributed by atoms with Gasteiger partial charge in [0, 0.05) is 25.7 Å². The molecule has 1 aromatic carbocycles. The maximum atomic E-state index is 14.4. The van der Waals surface area contributed by atoms with Gasteiger partial charge in [-0.25, -0.2) is 0 Å². The summed E-state index contributed by atoms with van der Waals surface area (Å²) in [4.78, 5) is 141. The Hall–Kier alpha value is -6.71. The highest BCUT2D eigenvalue weighted by atomic mass is 32.1. The number of ketones is 1. The van der Waals surface area contributed by atoms with Gasteiger partial charge in [0.25, 0.3) is 5.91 Å². The highest BCUT2D eigenvalue weighted by Gasteiger charge is 2.35. The molecule has 1 unspecified atom stereocenters. The van der Waals surface area contributed by atoms with Crippen LogP contribution in [0.1, 0.15) is 95.2 Å². The van der Waals surface area contributed by atoms with Gasteiger partial charge in [-0.2, -0.15) is 11.3 Å². The van der Waals surface area contributed by atoms with Crippen LogP contribution >= 0.6 is 11.3 Å². The summed E-state index contributed by atoms with van der Waals surface area (Å²) in [5.41, 5.74) is 7.13. The average molecular weight is 930 g/mol. The molecule has 0 saturated heterocycles. The second-order valence-corrected chi connectivity index (χ2v) is 16.6. The van der Waals surface area contributed by atoms with Crippen LogP contribution in [0.3, 0.4) is 0 Å². The predicted octanol–water partition coefficient (Wildman–Crippen LogP) is 0.246. The lowest BCUT2D eigenvalue weighted by atomic mass is 9.98. The second-order valence-electron chi connectivity index (χ2n) is 15.8. The Kier molecular flexibility index (Phi) is 23.0. The van der Waals surface area contributed by atoms with E-state index in [1.165, 1.54) is 11.3 Å². The van der Waals surface area contributed by atoms with Gasteiger partial charge in [0.15, 0.2) is 0 Å². The highest BCUT2D eigenvalue weighted by Crippen LogP contribution is 2.15. The summed E-state index contributed by atoms with van der Waals surface area (Å²) >= 11 is 1.31. The van der Waals surface area contributed by atoms with Gasteiger partial charge in [-0.15, -0.1) is 0 Å². The molecule has 0 fully saturated rings. The number of primary amides is 1. The number of Topliss-reactive ketones (excluding diaryl/α,β-unsaturated/α-hetero) is 1. The molecule has 22 heteroatoms. The smallest absolute Gasteiger partial charge is 0.305 e. The molecule has 0 bridgehead atoms. The largest absolute Gasteiger partial charge is 0.481 e. The first-order valence-electron chi connectivity index (χ1n) is 21.0. The molecule has 2 rings (SSSR count). The van der Waals surface area contributed by atoms with E-state index in [0.29, 0.717) is 29.5 Å². The van der Waals surface area contributed by atoms with Crippen LogP contribution in [0.2, 0.25) is 0 Å². The number of rotatable bonds is 30. The Bertz CT molecular complexity index is 2030. The van der Waals surface area contributed by atoms with Crippen molar-refractivity contribution in [1.29, 1.82) is 0 Å². The van der Waals surface area contributed by atoms with E-state index in [2.05, 4.69) is 31.9 Å². The predicted molar refractivity (Wildman–Crippen MR) is 234 cm³/mol. The molecule has 0 spiro atoms. The number of hydrogen-bond acceptors (Lipinski definition) is 12. The number of thiophene rings is 1. The fourth-order valence-corrected chi connectivity index (χ4v) is 7.12. The second kappa shape index (κ2) is 27.5. The van der Waals surface area contributed by atoms with Gasteiger partial charge >= 0.3 is 17.9 Å². The van der Waals surface area contributed by atoms with Crippen molar-refractivity contribution in [2.45, 2.75) is 135 Å². The van der Waals surface area contributed by atoms with E-state index in [1.807, 2.05) is 6.92 Å². The third-order valence-corrected chi connectivity index (χ3v) is 10.6.